The van der Waals surface area contributed by atoms with Crippen LogP contribution in [-0.2, 0) is 4.79 Å². The zero-order valence-electron chi connectivity index (χ0n) is 15.4. The van der Waals surface area contributed by atoms with Gasteiger partial charge in [0, 0.05) is 37.6 Å². The van der Waals surface area contributed by atoms with Gasteiger partial charge in [0.15, 0.2) is 0 Å². The Morgan fingerprint density at radius 2 is 1.92 bits per heavy atom. The molecular weight excluding hydrogens is 317 g/mol. The van der Waals surface area contributed by atoms with Gasteiger partial charge in [-0.2, -0.15) is 0 Å². The van der Waals surface area contributed by atoms with Crippen LogP contribution in [0.5, 0.6) is 0 Å². The van der Waals surface area contributed by atoms with Gasteiger partial charge in [0.2, 0.25) is 5.91 Å². The molecule has 0 radical (unpaired) electrons. The van der Waals surface area contributed by atoms with E-state index in [0.29, 0.717) is 24.5 Å². The number of rotatable bonds is 5. The van der Waals surface area contributed by atoms with Crippen molar-refractivity contribution in [1.82, 2.24) is 9.80 Å². The summed E-state index contributed by atoms with van der Waals surface area (Å²) in [4.78, 5) is 17.2. The molecule has 0 aliphatic carbocycles. The van der Waals surface area contributed by atoms with Crippen LogP contribution in [0.1, 0.15) is 46.0 Å². The van der Waals surface area contributed by atoms with Crippen LogP contribution in [0.4, 0.5) is 10.1 Å². The standard InChI is InChI=1S/C20H30FN3O/c1-15-9-10-16(2)24(15)17-6-5-12-23(14-17)13-11-20(25)22-19-8-4-3-7-18(19)21/h3-4,7-8,15-17H,5-6,9-14H2,1-2H3,(H,22,25). The summed E-state index contributed by atoms with van der Waals surface area (Å²) >= 11 is 0. The van der Waals surface area contributed by atoms with E-state index in [9.17, 15) is 9.18 Å². The van der Waals surface area contributed by atoms with E-state index in [1.54, 1.807) is 18.2 Å². The molecular formula is C20H30FN3O. The second-order valence-corrected chi connectivity index (χ2v) is 7.60. The molecule has 3 rings (SSSR count). The molecule has 0 aromatic heterocycles. The molecule has 3 unspecified atom stereocenters. The SMILES string of the molecule is CC1CCC(C)N1C1CCCN(CCC(=O)Nc2ccccc2F)C1. The largest absolute Gasteiger partial charge is 0.324 e. The Bertz CT molecular complexity index is 584. The Labute approximate surface area is 150 Å². The second-order valence-electron chi connectivity index (χ2n) is 7.60. The topological polar surface area (TPSA) is 35.6 Å². The molecule has 5 heteroatoms. The maximum absolute atomic E-state index is 13.6. The van der Waals surface area contributed by atoms with E-state index in [4.69, 9.17) is 0 Å². The van der Waals surface area contributed by atoms with Gasteiger partial charge >= 0.3 is 0 Å². The van der Waals surface area contributed by atoms with Crippen LogP contribution >= 0.6 is 0 Å². The Morgan fingerprint density at radius 1 is 1.20 bits per heavy atom. The van der Waals surface area contributed by atoms with Crippen molar-refractivity contribution in [3.8, 4) is 0 Å². The molecule has 0 saturated carbocycles. The van der Waals surface area contributed by atoms with E-state index >= 15 is 0 Å². The number of anilines is 1. The van der Waals surface area contributed by atoms with Crippen molar-refractivity contribution >= 4 is 11.6 Å². The third-order valence-electron chi connectivity index (χ3n) is 5.73. The number of nitrogens with one attached hydrogen (secondary N) is 1. The van der Waals surface area contributed by atoms with Crippen molar-refractivity contribution in [3.05, 3.63) is 30.1 Å². The zero-order valence-corrected chi connectivity index (χ0v) is 15.4. The highest BCUT2D eigenvalue weighted by Crippen LogP contribution is 2.29. The number of para-hydroxylation sites is 1. The first-order valence-electron chi connectivity index (χ1n) is 9.58. The number of hydrogen-bond donors (Lipinski definition) is 1. The van der Waals surface area contributed by atoms with E-state index < -0.39 is 0 Å². The maximum Gasteiger partial charge on any atom is 0.225 e. The number of benzene rings is 1. The van der Waals surface area contributed by atoms with Crippen molar-refractivity contribution in [1.29, 1.82) is 0 Å². The van der Waals surface area contributed by atoms with E-state index in [-0.39, 0.29) is 17.4 Å². The van der Waals surface area contributed by atoms with Gasteiger partial charge in [-0.05, 0) is 58.2 Å². The van der Waals surface area contributed by atoms with Gasteiger partial charge in [-0.15, -0.1) is 0 Å². The molecule has 25 heavy (non-hydrogen) atoms. The highest BCUT2D eigenvalue weighted by atomic mass is 19.1. The highest BCUT2D eigenvalue weighted by Gasteiger charge is 2.35. The second kappa shape index (κ2) is 8.28. The van der Waals surface area contributed by atoms with Crippen LogP contribution in [-0.4, -0.2) is 53.5 Å². The number of likely N-dealkylation sites (tertiary alicyclic amines) is 2. The lowest BCUT2D eigenvalue weighted by Crippen LogP contribution is -2.51. The van der Waals surface area contributed by atoms with Crippen molar-refractivity contribution in [2.45, 2.75) is 64.1 Å². The van der Waals surface area contributed by atoms with Gasteiger partial charge < -0.3 is 10.2 Å². The number of nitrogens with zero attached hydrogens (tertiary/aromatic N) is 2. The van der Waals surface area contributed by atoms with E-state index in [1.807, 2.05) is 0 Å². The van der Waals surface area contributed by atoms with Gasteiger partial charge in [0.25, 0.3) is 0 Å². The molecule has 2 aliphatic heterocycles. The number of piperidine rings is 1. The molecule has 2 heterocycles. The monoisotopic (exact) mass is 347 g/mol. The molecule has 1 aromatic carbocycles. The number of carbonyl (C=O) groups is 1. The quantitative estimate of drug-likeness (QED) is 0.886. The molecule has 1 amide bonds. The fraction of sp³-hybridized carbons (Fsp3) is 0.650. The highest BCUT2D eigenvalue weighted by molar-refractivity contribution is 5.90. The molecule has 138 valence electrons. The van der Waals surface area contributed by atoms with Crippen LogP contribution in [0.3, 0.4) is 0 Å². The summed E-state index contributed by atoms with van der Waals surface area (Å²) in [6.45, 7) is 7.52. The average molecular weight is 347 g/mol. The molecule has 4 nitrogen and oxygen atoms in total. The number of halogens is 1. The molecule has 1 N–H and O–H groups in total. The molecule has 0 bridgehead atoms. The summed E-state index contributed by atoms with van der Waals surface area (Å²) in [5, 5.41) is 2.68. The van der Waals surface area contributed by atoms with Crippen molar-refractivity contribution in [2.24, 2.45) is 0 Å². The summed E-state index contributed by atoms with van der Waals surface area (Å²) in [6, 6.07) is 8.26. The first-order chi connectivity index (χ1) is 12.0. The van der Waals surface area contributed by atoms with Crippen LogP contribution in [0, 0.1) is 5.82 Å². The fourth-order valence-electron chi connectivity index (χ4n) is 4.45. The Kier molecular flexibility index (Phi) is 6.07. The van der Waals surface area contributed by atoms with Gasteiger partial charge in [0.05, 0.1) is 5.69 Å². The van der Waals surface area contributed by atoms with Gasteiger partial charge in [-0.25, -0.2) is 4.39 Å². The van der Waals surface area contributed by atoms with Crippen LogP contribution < -0.4 is 5.32 Å². The summed E-state index contributed by atoms with van der Waals surface area (Å²) in [6.07, 6.45) is 5.44. The van der Waals surface area contributed by atoms with Crippen LogP contribution in [0.25, 0.3) is 0 Å². The predicted molar refractivity (Wildman–Crippen MR) is 99.1 cm³/mol. The summed E-state index contributed by atoms with van der Waals surface area (Å²) < 4.78 is 13.6. The zero-order chi connectivity index (χ0) is 17.8. The van der Waals surface area contributed by atoms with E-state index in [1.165, 1.54) is 31.7 Å². The first kappa shape index (κ1) is 18.3. The minimum atomic E-state index is -0.383. The smallest absolute Gasteiger partial charge is 0.225 e. The minimum Gasteiger partial charge on any atom is -0.324 e. The van der Waals surface area contributed by atoms with Crippen molar-refractivity contribution < 1.29 is 9.18 Å². The predicted octanol–water partition coefficient (Wildman–Crippen LogP) is 3.49. The van der Waals surface area contributed by atoms with Crippen molar-refractivity contribution in [3.63, 3.8) is 0 Å². The third kappa shape index (κ3) is 4.59. The first-order valence-corrected chi connectivity index (χ1v) is 9.58. The molecule has 2 aliphatic rings. The van der Waals surface area contributed by atoms with Gasteiger partial charge in [0.1, 0.15) is 5.82 Å². The molecule has 3 atom stereocenters. The summed E-state index contributed by atoms with van der Waals surface area (Å²) in [7, 11) is 0. The lowest BCUT2D eigenvalue weighted by molar-refractivity contribution is -0.116. The molecule has 2 fully saturated rings. The molecule has 1 aromatic rings. The summed E-state index contributed by atoms with van der Waals surface area (Å²) in [5.41, 5.74) is 0.267. The average Bonchev–Trinajstić information content (AvgIpc) is 2.94. The lowest BCUT2D eigenvalue weighted by Gasteiger charge is -2.41. The van der Waals surface area contributed by atoms with Crippen molar-refractivity contribution in [2.75, 3.05) is 25.0 Å². The fourth-order valence-corrected chi connectivity index (χ4v) is 4.45. The summed E-state index contributed by atoms with van der Waals surface area (Å²) in [5.74, 6) is -0.499. The molecule has 0 spiro atoms. The van der Waals surface area contributed by atoms with Gasteiger partial charge in [-0.3, -0.25) is 9.69 Å². The third-order valence-corrected chi connectivity index (χ3v) is 5.73. The van der Waals surface area contributed by atoms with E-state index in [0.717, 1.165) is 19.6 Å². The Hall–Kier alpha value is -1.46. The number of hydrogen-bond acceptors (Lipinski definition) is 3. The van der Waals surface area contributed by atoms with Gasteiger partial charge in [-0.1, -0.05) is 12.1 Å². The Balaban J connectivity index is 1.48. The normalized spacial score (nSPS) is 28.2. The van der Waals surface area contributed by atoms with E-state index in [2.05, 4.69) is 29.0 Å². The van der Waals surface area contributed by atoms with Crippen LogP contribution in [0.15, 0.2) is 24.3 Å². The minimum absolute atomic E-state index is 0.116. The Morgan fingerprint density at radius 3 is 2.64 bits per heavy atom. The number of amides is 1. The number of carbonyl (C=O) groups excluding carboxylic acids is 1. The maximum atomic E-state index is 13.6. The van der Waals surface area contributed by atoms with Crippen LogP contribution in [0.2, 0.25) is 0 Å². The lowest BCUT2D eigenvalue weighted by atomic mass is 10.0. The molecule has 2 saturated heterocycles.